The van der Waals surface area contributed by atoms with Crippen molar-refractivity contribution in [2.75, 3.05) is 10.7 Å². The third kappa shape index (κ3) is 2.36. The van der Waals surface area contributed by atoms with E-state index in [-0.39, 0.29) is 5.91 Å². The molecule has 6 heteroatoms. The average Bonchev–Trinajstić information content (AvgIpc) is 2.82. The minimum Gasteiger partial charge on any atom is -0.321 e. The molecule has 82 valence electrons. The molecule has 0 atom stereocenters. The molecule has 2 heterocycles. The van der Waals surface area contributed by atoms with Gasteiger partial charge in [0.05, 0.1) is 11.3 Å². The number of thiophene rings is 1. The molecule has 0 fully saturated rings. The maximum Gasteiger partial charge on any atom is 0.257 e. The van der Waals surface area contributed by atoms with Crippen molar-refractivity contribution >= 4 is 28.7 Å². The predicted octanol–water partition coefficient (Wildman–Crippen LogP) is 1.68. The number of nitrogens with two attached hydrogens (primary N) is 1. The molecular weight excluding hydrogens is 224 g/mol. The second-order valence-corrected chi connectivity index (χ2v) is 3.82. The van der Waals surface area contributed by atoms with E-state index in [1.54, 1.807) is 12.1 Å². The monoisotopic (exact) mass is 234 g/mol. The van der Waals surface area contributed by atoms with Crippen molar-refractivity contribution in [3.63, 3.8) is 0 Å². The summed E-state index contributed by atoms with van der Waals surface area (Å²) < 4.78 is 0. The Morgan fingerprint density at radius 1 is 1.38 bits per heavy atom. The van der Waals surface area contributed by atoms with Crippen LogP contribution in [0.15, 0.2) is 35.2 Å². The lowest BCUT2D eigenvalue weighted by atomic mass is 10.2. The number of rotatable bonds is 3. The van der Waals surface area contributed by atoms with Crippen LogP contribution in [-0.4, -0.2) is 10.9 Å². The number of hydrogen-bond donors (Lipinski definition) is 3. The molecule has 0 aliphatic carbocycles. The van der Waals surface area contributed by atoms with Gasteiger partial charge < -0.3 is 10.7 Å². The molecule has 0 unspecified atom stereocenters. The highest BCUT2D eigenvalue weighted by atomic mass is 32.1. The van der Waals surface area contributed by atoms with E-state index in [0.29, 0.717) is 11.4 Å². The SMILES string of the molecule is NNc1ccc(C(=O)Nc2ccsc2)cn1. The lowest BCUT2D eigenvalue weighted by Gasteiger charge is -2.03. The van der Waals surface area contributed by atoms with Crippen molar-refractivity contribution in [3.05, 3.63) is 40.7 Å². The molecular formula is C10H10N4OS. The fourth-order valence-corrected chi connectivity index (χ4v) is 1.74. The van der Waals surface area contributed by atoms with Crippen molar-refractivity contribution in [2.24, 2.45) is 5.84 Å². The number of aromatic nitrogens is 1. The maximum absolute atomic E-state index is 11.7. The number of hydrogen-bond acceptors (Lipinski definition) is 5. The summed E-state index contributed by atoms with van der Waals surface area (Å²) in [7, 11) is 0. The topological polar surface area (TPSA) is 80.0 Å². The third-order valence-corrected chi connectivity index (χ3v) is 2.64. The van der Waals surface area contributed by atoms with Gasteiger partial charge in [0.1, 0.15) is 5.82 Å². The van der Waals surface area contributed by atoms with Gasteiger partial charge in [0.25, 0.3) is 5.91 Å². The van der Waals surface area contributed by atoms with Gasteiger partial charge in [0, 0.05) is 11.6 Å². The third-order valence-electron chi connectivity index (χ3n) is 1.95. The van der Waals surface area contributed by atoms with Gasteiger partial charge in [0.2, 0.25) is 0 Å². The first-order chi connectivity index (χ1) is 7.79. The molecule has 16 heavy (non-hydrogen) atoms. The standard InChI is InChI=1S/C10H10N4OS/c11-14-9-2-1-7(5-12-9)10(15)13-8-3-4-16-6-8/h1-6H,11H2,(H,12,14)(H,13,15). The van der Waals surface area contributed by atoms with Crippen molar-refractivity contribution in [1.82, 2.24) is 4.98 Å². The summed E-state index contributed by atoms with van der Waals surface area (Å²) in [5.41, 5.74) is 3.68. The number of anilines is 2. The molecule has 5 nitrogen and oxygen atoms in total. The second-order valence-electron chi connectivity index (χ2n) is 3.04. The molecule has 0 aliphatic heterocycles. The van der Waals surface area contributed by atoms with Crippen LogP contribution in [-0.2, 0) is 0 Å². The van der Waals surface area contributed by atoms with E-state index in [4.69, 9.17) is 5.84 Å². The van der Waals surface area contributed by atoms with Crippen molar-refractivity contribution in [3.8, 4) is 0 Å². The van der Waals surface area contributed by atoms with E-state index in [9.17, 15) is 4.79 Å². The quantitative estimate of drug-likeness (QED) is 0.557. The van der Waals surface area contributed by atoms with Gasteiger partial charge >= 0.3 is 0 Å². The summed E-state index contributed by atoms with van der Waals surface area (Å²) >= 11 is 1.53. The van der Waals surface area contributed by atoms with Crippen LogP contribution in [0.4, 0.5) is 11.5 Å². The lowest BCUT2D eigenvalue weighted by Crippen LogP contribution is -2.13. The highest BCUT2D eigenvalue weighted by molar-refractivity contribution is 7.08. The molecule has 0 saturated heterocycles. The first kappa shape index (κ1) is 10.6. The van der Waals surface area contributed by atoms with Gasteiger partial charge in [-0.1, -0.05) is 0 Å². The smallest absolute Gasteiger partial charge is 0.257 e. The van der Waals surface area contributed by atoms with Gasteiger partial charge in [-0.2, -0.15) is 11.3 Å². The summed E-state index contributed by atoms with van der Waals surface area (Å²) in [5.74, 6) is 5.51. The van der Waals surface area contributed by atoms with Crippen LogP contribution < -0.4 is 16.6 Å². The Labute approximate surface area is 96.3 Å². The van der Waals surface area contributed by atoms with Crippen LogP contribution in [0, 0.1) is 0 Å². The lowest BCUT2D eigenvalue weighted by molar-refractivity contribution is 0.102. The van der Waals surface area contributed by atoms with E-state index < -0.39 is 0 Å². The summed E-state index contributed by atoms with van der Waals surface area (Å²) in [4.78, 5) is 15.7. The molecule has 2 aromatic rings. The first-order valence-electron chi connectivity index (χ1n) is 4.56. The number of nitrogen functional groups attached to an aromatic ring is 1. The Bertz CT molecular complexity index is 466. The molecule has 2 aromatic heterocycles. The zero-order valence-corrected chi connectivity index (χ0v) is 9.12. The summed E-state index contributed by atoms with van der Waals surface area (Å²) in [6.45, 7) is 0. The molecule has 4 N–H and O–H groups in total. The molecule has 0 saturated carbocycles. The normalized spacial score (nSPS) is 9.81. The molecule has 0 bridgehead atoms. The van der Waals surface area contributed by atoms with Gasteiger partial charge in [0.15, 0.2) is 0 Å². The molecule has 1 amide bonds. The number of carbonyl (C=O) groups excluding carboxylic acids is 1. The van der Waals surface area contributed by atoms with Crippen LogP contribution in [0.3, 0.4) is 0 Å². The van der Waals surface area contributed by atoms with Gasteiger partial charge in [-0.25, -0.2) is 10.8 Å². The highest BCUT2D eigenvalue weighted by Crippen LogP contribution is 2.13. The Morgan fingerprint density at radius 3 is 2.81 bits per heavy atom. The zero-order chi connectivity index (χ0) is 11.4. The molecule has 0 aliphatic rings. The Kier molecular flexibility index (Phi) is 3.13. The highest BCUT2D eigenvalue weighted by Gasteiger charge is 2.06. The van der Waals surface area contributed by atoms with Crippen LogP contribution in [0.25, 0.3) is 0 Å². The first-order valence-corrected chi connectivity index (χ1v) is 5.50. The van der Waals surface area contributed by atoms with Crippen molar-refractivity contribution < 1.29 is 4.79 Å². The minimum absolute atomic E-state index is 0.186. The fourth-order valence-electron chi connectivity index (χ4n) is 1.15. The van der Waals surface area contributed by atoms with Crippen LogP contribution in [0.2, 0.25) is 0 Å². The molecule has 0 aromatic carbocycles. The summed E-state index contributed by atoms with van der Waals surface area (Å²) in [5, 5.41) is 6.52. The number of pyridine rings is 1. The molecule has 2 rings (SSSR count). The Morgan fingerprint density at radius 2 is 2.25 bits per heavy atom. The van der Waals surface area contributed by atoms with E-state index in [1.807, 2.05) is 16.8 Å². The molecule has 0 radical (unpaired) electrons. The van der Waals surface area contributed by atoms with Crippen LogP contribution in [0.1, 0.15) is 10.4 Å². The van der Waals surface area contributed by atoms with E-state index in [1.165, 1.54) is 17.5 Å². The van der Waals surface area contributed by atoms with Crippen molar-refractivity contribution in [2.45, 2.75) is 0 Å². The van der Waals surface area contributed by atoms with E-state index in [0.717, 1.165) is 5.69 Å². The zero-order valence-electron chi connectivity index (χ0n) is 8.31. The summed E-state index contributed by atoms with van der Waals surface area (Å²) in [6, 6.07) is 5.14. The minimum atomic E-state index is -0.186. The van der Waals surface area contributed by atoms with Crippen LogP contribution >= 0.6 is 11.3 Å². The van der Waals surface area contributed by atoms with E-state index in [2.05, 4.69) is 15.7 Å². The maximum atomic E-state index is 11.7. The van der Waals surface area contributed by atoms with Crippen LogP contribution in [0.5, 0.6) is 0 Å². The Balaban J connectivity index is 2.09. The number of nitrogens with one attached hydrogen (secondary N) is 2. The fraction of sp³-hybridized carbons (Fsp3) is 0. The Hall–Kier alpha value is -1.92. The average molecular weight is 234 g/mol. The number of hydrazine groups is 1. The number of carbonyl (C=O) groups is 1. The van der Waals surface area contributed by atoms with Crippen molar-refractivity contribution in [1.29, 1.82) is 0 Å². The largest absolute Gasteiger partial charge is 0.321 e. The molecule has 0 spiro atoms. The number of nitrogens with zero attached hydrogens (tertiary/aromatic N) is 1. The summed E-state index contributed by atoms with van der Waals surface area (Å²) in [6.07, 6.45) is 1.47. The van der Waals surface area contributed by atoms with Gasteiger partial charge in [-0.15, -0.1) is 0 Å². The van der Waals surface area contributed by atoms with Gasteiger partial charge in [-0.3, -0.25) is 4.79 Å². The van der Waals surface area contributed by atoms with Gasteiger partial charge in [-0.05, 0) is 23.6 Å². The number of amides is 1. The van der Waals surface area contributed by atoms with E-state index >= 15 is 0 Å². The second kappa shape index (κ2) is 4.73. The predicted molar refractivity (Wildman–Crippen MR) is 64.3 cm³/mol.